The van der Waals surface area contributed by atoms with Crippen molar-refractivity contribution in [1.82, 2.24) is 15.5 Å². The molecule has 11 heteroatoms. The summed E-state index contributed by atoms with van der Waals surface area (Å²) in [5.41, 5.74) is 5.58. The van der Waals surface area contributed by atoms with Crippen molar-refractivity contribution < 1.29 is 29.4 Å². The van der Waals surface area contributed by atoms with Crippen LogP contribution in [0.2, 0.25) is 0 Å². The lowest BCUT2D eigenvalue weighted by atomic mass is 9.97. The van der Waals surface area contributed by atoms with Gasteiger partial charge in [0.1, 0.15) is 24.2 Å². The Hall–Kier alpha value is -1.85. The molecule has 1 fully saturated rings. The van der Waals surface area contributed by atoms with Crippen LogP contribution >= 0.6 is 12.6 Å². The first-order chi connectivity index (χ1) is 13.2. The molecule has 3 amide bonds. The van der Waals surface area contributed by atoms with Gasteiger partial charge in [-0.1, -0.05) is 20.3 Å². The van der Waals surface area contributed by atoms with E-state index in [2.05, 4.69) is 23.3 Å². The molecule has 1 aliphatic rings. The minimum atomic E-state index is -1.22. The standard InChI is InChI=1S/C17H30N4O6S/c1-3-9(2)13(15(24)19-11(8-28)17(26)27)20-14(23)12-5-4-6-21(12)16(25)10(18)7-22/h9-13,22,28H,3-8,18H2,1-2H3,(H,19,24)(H,20,23)(H,26,27). The van der Waals surface area contributed by atoms with Gasteiger partial charge in [0.05, 0.1) is 6.61 Å². The van der Waals surface area contributed by atoms with E-state index in [1.165, 1.54) is 4.90 Å². The molecule has 28 heavy (non-hydrogen) atoms. The highest BCUT2D eigenvalue weighted by molar-refractivity contribution is 7.80. The topological polar surface area (TPSA) is 162 Å². The third-order valence-corrected chi connectivity index (χ3v) is 5.31. The van der Waals surface area contributed by atoms with E-state index in [1.54, 1.807) is 6.92 Å². The largest absolute Gasteiger partial charge is 0.480 e. The van der Waals surface area contributed by atoms with Crippen LogP contribution in [0.15, 0.2) is 0 Å². The molecule has 5 unspecified atom stereocenters. The number of thiol groups is 1. The number of hydrogen-bond acceptors (Lipinski definition) is 7. The molecule has 1 rings (SSSR count). The number of nitrogens with one attached hydrogen (secondary N) is 2. The van der Waals surface area contributed by atoms with Crippen molar-refractivity contribution in [3.05, 3.63) is 0 Å². The summed E-state index contributed by atoms with van der Waals surface area (Å²) >= 11 is 3.92. The van der Waals surface area contributed by atoms with Crippen LogP contribution in [0.3, 0.4) is 0 Å². The SMILES string of the molecule is CCC(C)C(NC(=O)C1CCCN1C(=O)C(N)CO)C(=O)NC(CS)C(=O)O. The Bertz CT molecular complexity index is 590. The second-order valence-electron chi connectivity index (χ2n) is 6.93. The van der Waals surface area contributed by atoms with Gasteiger partial charge in [0.15, 0.2) is 0 Å². The summed E-state index contributed by atoms with van der Waals surface area (Å²) in [6.45, 7) is 3.42. The van der Waals surface area contributed by atoms with E-state index >= 15 is 0 Å². The minimum absolute atomic E-state index is 0.0911. The van der Waals surface area contributed by atoms with Gasteiger partial charge >= 0.3 is 5.97 Å². The van der Waals surface area contributed by atoms with Crippen molar-refractivity contribution >= 4 is 36.3 Å². The Morgan fingerprint density at radius 1 is 1.29 bits per heavy atom. The maximum absolute atomic E-state index is 12.8. The summed E-state index contributed by atoms with van der Waals surface area (Å²) in [4.78, 5) is 50.1. The number of carboxylic acids is 1. The van der Waals surface area contributed by atoms with Crippen LogP contribution in [-0.4, -0.2) is 81.9 Å². The highest BCUT2D eigenvalue weighted by Crippen LogP contribution is 2.19. The maximum atomic E-state index is 12.8. The van der Waals surface area contributed by atoms with Gasteiger partial charge in [0.2, 0.25) is 17.7 Å². The van der Waals surface area contributed by atoms with Crippen molar-refractivity contribution in [1.29, 1.82) is 0 Å². The maximum Gasteiger partial charge on any atom is 0.327 e. The van der Waals surface area contributed by atoms with Gasteiger partial charge in [-0.15, -0.1) is 0 Å². The summed E-state index contributed by atoms with van der Waals surface area (Å²) < 4.78 is 0. The van der Waals surface area contributed by atoms with E-state index in [4.69, 9.17) is 15.9 Å². The van der Waals surface area contributed by atoms with E-state index < -0.39 is 54.5 Å². The smallest absolute Gasteiger partial charge is 0.327 e. The number of nitrogens with zero attached hydrogens (tertiary/aromatic N) is 1. The molecule has 0 bridgehead atoms. The fourth-order valence-electron chi connectivity index (χ4n) is 2.99. The Morgan fingerprint density at radius 3 is 2.43 bits per heavy atom. The lowest BCUT2D eigenvalue weighted by Crippen LogP contribution is -2.58. The van der Waals surface area contributed by atoms with E-state index in [1.807, 2.05) is 6.92 Å². The molecule has 1 heterocycles. The van der Waals surface area contributed by atoms with Gasteiger partial charge in [0.25, 0.3) is 0 Å². The van der Waals surface area contributed by atoms with Gasteiger partial charge in [0, 0.05) is 12.3 Å². The number of carbonyl (C=O) groups excluding carboxylic acids is 3. The van der Waals surface area contributed by atoms with Crippen molar-refractivity contribution in [3.8, 4) is 0 Å². The zero-order valence-electron chi connectivity index (χ0n) is 16.1. The lowest BCUT2D eigenvalue weighted by Gasteiger charge is -2.30. The number of hydrogen-bond donors (Lipinski definition) is 6. The van der Waals surface area contributed by atoms with E-state index in [0.29, 0.717) is 25.8 Å². The number of nitrogens with two attached hydrogens (primary N) is 1. The first-order valence-corrected chi connectivity index (χ1v) is 9.92. The van der Waals surface area contributed by atoms with Crippen LogP contribution in [-0.2, 0) is 19.2 Å². The molecule has 1 aliphatic heterocycles. The third kappa shape index (κ3) is 6.08. The molecule has 0 aliphatic carbocycles. The van der Waals surface area contributed by atoms with Crippen LogP contribution in [0.25, 0.3) is 0 Å². The van der Waals surface area contributed by atoms with Crippen LogP contribution in [0.5, 0.6) is 0 Å². The van der Waals surface area contributed by atoms with Crippen molar-refractivity contribution in [2.75, 3.05) is 18.9 Å². The van der Waals surface area contributed by atoms with E-state index in [9.17, 15) is 19.2 Å². The quantitative estimate of drug-likeness (QED) is 0.231. The Labute approximate surface area is 169 Å². The normalized spacial score (nSPS) is 20.8. The van der Waals surface area contributed by atoms with Crippen LogP contribution in [0.1, 0.15) is 33.1 Å². The monoisotopic (exact) mass is 418 g/mol. The Balaban J connectivity index is 2.90. The van der Waals surface area contributed by atoms with Gasteiger partial charge in [-0.3, -0.25) is 14.4 Å². The highest BCUT2D eigenvalue weighted by Gasteiger charge is 2.38. The molecule has 0 aromatic heterocycles. The average molecular weight is 419 g/mol. The summed E-state index contributed by atoms with van der Waals surface area (Å²) in [7, 11) is 0. The molecule has 160 valence electrons. The molecular weight excluding hydrogens is 388 g/mol. The zero-order valence-corrected chi connectivity index (χ0v) is 17.0. The minimum Gasteiger partial charge on any atom is -0.480 e. The summed E-state index contributed by atoms with van der Waals surface area (Å²) in [6, 6.07) is -4.02. The highest BCUT2D eigenvalue weighted by atomic mass is 32.1. The first-order valence-electron chi connectivity index (χ1n) is 9.29. The molecule has 0 radical (unpaired) electrons. The van der Waals surface area contributed by atoms with Crippen molar-refractivity contribution in [3.63, 3.8) is 0 Å². The van der Waals surface area contributed by atoms with Crippen LogP contribution in [0.4, 0.5) is 0 Å². The van der Waals surface area contributed by atoms with E-state index in [-0.39, 0.29) is 11.7 Å². The van der Waals surface area contributed by atoms with Gasteiger partial charge in [-0.2, -0.15) is 12.6 Å². The summed E-state index contributed by atoms with van der Waals surface area (Å²) in [5, 5.41) is 23.2. The number of rotatable bonds is 10. The number of aliphatic hydroxyl groups is 1. The third-order valence-electron chi connectivity index (χ3n) is 4.94. The van der Waals surface area contributed by atoms with Crippen molar-refractivity contribution in [2.45, 2.75) is 57.3 Å². The van der Waals surface area contributed by atoms with Gasteiger partial charge in [-0.05, 0) is 18.8 Å². The van der Waals surface area contributed by atoms with Crippen molar-refractivity contribution in [2.24, 2.45) is 11.7 Å². The number of likely N-dealkylation sites (tertiary alicyclic amines) is 1. The van der Waals surface area contributed by atoms with Crippen LogP contribution < -0.4 is 16.4 Å². The number of carbonyl (C=O) groups is 4. The van der Waals surface area contributed by atoms with Gasteiger partial charge in [-0.25, -0.2) is 4.79 Å². The Kier molecular flexibility index (Phi) is 9.70. The number of carboxylic acid groups (broad SMARTS) is 1. The number of aliphatic hydroxyl groups excluding tert-OH is 1. The molecule has 10 nitrogen and oxygen atoms in total. The molecule has 6 N–H and O–H groups in total. The molecular formula is C17H30N4O6S. The predicted molar refractivity (Wildman–Crippen MR) is 105 cm³/mol. The molecule has 0 aromatic carbocycles. The lowest BCUT2D eigenvalue weighted by molar-refractivity contribution is -0.143. The first kappa shape index (κ1) is 24.2. The second-order valence-corrected chi connectivity index (χ2v) is 7.30. The van der Waals surface area contributed by atoms with Crippen LogP contribution in [0, 0.1) is 5.92 Å². The number of amides is 3. The molecule has 5 atom stereocenters. The zero-order chi connectivity index (χ0) is 21.4. The second kappa shape index (κ2) is 11.2. The predicted octanol–water partition coefficient (Wildman–Crippen LogP) is -1.67. The van der Waals surface area contributed by atoms with E-state index in [0.717, 1.165) is 0 Å². The van der Waals surface area contributed by atoms with Gasteiger partial charge < -0.3 is 31.5 Å². The fourth-order valence-corrected chi connectivity index (χ4v) is 3.24. The summed E-state index contributed by atoms with van der Waals surface area (Å²) in [5.74, 6) is -3.22. The Morgan fingerprint density at radius 2 is 1.93 bits per heavy atom. The summed E-state index contributed by atoms with van der Waals surface area (Å²) in [6.07, 6.45) is 1.58. The molecule has 0 saturated carbocycles. The molecule has 1 saturated heterocycles. The number of aliphatic carboxylic acids is 1. The molecule has 0 spiro atoms. The fraction of sp³-hybridized carbons (Fsp3) is 0.765. The molecule has 0 aromatic rings. The average Bonchev–Trinajstić information content (AvgIpc) is 3.17.